The van der Waals surface area contributed by atoms with Gasteiger partial charge in [0, 0.05) is 17.5 Å². The standard InChI is InChI=1S/C10H15N2OS/c1-3-5-6-9(13)12-10-11-7-8(4-2)14-10/h7H,3-6H2,1-2H3. The van der Waals surface area contributed by atoms with E-state index in [0.29, 0.717) is 11.6 Å². The van der Waals surface area contributed by atoms with Gasteiger partial charge in [-0.15, -0.1) is 0 Å². The van der Waals surface area contributed by atoms with Crippen LogP contribution in [0.2, 0.25) is 0 Å². The van der Waals surface area contributed by atoms with Gasteiger partial charge in [-0.1, -0.05) is 31.6 Å². The molecule has 0 unspecified atom stereocenters. The Morgan fingerprint density at radius 1 is 1.57 bits per heavy atom. The van der Waals surface area contributed by atoms with Gasteiger partial charge in [0.2, 0.25) is 11.0 Å². The smallest absolute Gasteiger partial charge is 0.248 e. The zero-order chi connectivity index (χ0) is 10.4. The lowest BCUT2D eigenvalue weighted by molar-refractivity contribution is -0.120. The molecule has 0 fully saturated rings. The number of nitrogens with zero attached hydrogens (tertiary/aromatic N) is 2. The van der Waals surface area contributed by atoms with Gasteiger partial charge in [-0.2, -0.15) is 5.32 Å². The van der Waals surface area contributed by atoms with Gasteiger partial charge >= 0.3 is 0 Å². The van der Waals surface area contributed by atoms with Crippen molar-refractivity contribution in [3.05, 3.63) is 11.1 Å². The van der Waals surface area contributed by atoms with Crippen molar-refractivity contribution < 1.29 is 4.79 Å². The summed E-state index contributed by atoms with van der Waals surface area (Å²) in [4.78, 5) is 16.5. The summed E-state index contributed by atoms with van der Waals surface area (Å²) >= 11 is 1.50. The molecule has 0 aliphatic carbocycles. The SMILES string of the molecule is CCCCC(=O)[N]c1ncc(CC)s1. The average Bonchev–Trinajstić information content (AvgIpc) is 2.62. The number of hydrogen-bond donors (Lipinski definition) is 0. The first-order chi connectivity index (χ1) is 6.76. The second-order valence-electron chi connectivity index (χ2n) is 3.07. The Morgan fingerprint density at radius 2 is 2.36 bits per heavy atom. The fraction of sp³-hybridized carbons (Fsp3) is 0.600. The summed E-state index contributed by atoms with van der Waals surface area (Å²) in [6.45, 7) is 4.13. The monoisotopic (exact) mass is 211 g/mol. The Morgan fingerprint density at radius 3 is 2.93 bits per heavy atom. The third-order valence-electron chi connectivity index (χ3n) is 1.85. The molecule has 1 aromatic rings. The molecule has 0 N–H and O–H groups in total. The summed E-state index contributed by atoms with van der Waals surface area (Å²) in [6.07, 6.45) is 5.22. The van der Waals surface area contributed by atoms with Gasteiger partial charge in [0.25, 0.3) is 0 Å². The molecule has 1 radical (unpaired) electrons. The third kappa shape index (κ3) is 3.46. The summed E-state index contributed by atoms with van der Waals surface area (Å²) in [6, 6.07) is 0. The molecule has 77 valence electrons. The molecule has 0 aliphatic rings. The van der Waals surface area contributed by atoms with Gasteiger partial charge in [-0.3, -0.25) is 4.79 Å². The maximum absolute atomic E-state index is 11.3. The van der Waals surface area contributed by atoms with Gasteiger partial charge < -0.3 is 0 Å². The lowest BCUT2D eigenvalue weighted by atomic mass is 10.2. The molecule has 0 saturated heterocycles. The number of carbonyl (C=O) groups excluding carboxylic acids is 1. The number of carbonyl (C=O) groups is 1. The zero-order valence-electron chi connectivity index (χ0n) is 8.62. The van der Waals surface area contributed by atoms with Crippen molar-refractivity contribution in [2.24, 2.45) is 0 Å². The summed E-state index contributed by atoms with van der Waals surface area (Å²) in [5, 5.41) is 4.53. The molecular formula is C10H15N2OS. The number of thiazole rings is 1. The first-order valence-corrected chi connectivity index (χ1v) is 5.77. The van der Waals surface area contributed by atoms with Crippen LogP contribution in [-0.2, 0) is 11.2 Å². The molecule has 1 amide bonds. The van der Waals surface area contributed by atoms with Crippen LogP contribution in [0.4, 0.5) is 5.13 Å². The van der Waals surface area contributed by atoms with Gasteiger partial charge in [-0.25, -0.2) is 4.98 Å². The lowest BCUT2D eigenvalue weighted by Gasteiger charge is -1.95. The van der Waals surface area contributed by atoms with Crippen LogP contribution in [0.5, 0.6) is 0 Å². The molecule has 0 aliphatic heterocycles. The number of hydrogen-bond acceptors (Lipinski definition) is 3. The van der Waals surface area contributed by atoms with E-state index in [2.05, 4.69) is 24.1 Å². The van der Waals surface area contributed by atoms with Crippen molar-refractivity contribution >= 4 is 22.4 Å². The number of amides is 1. The molecule has 0 bridgehead atoms. The van der Waals surface area contributed by atoms with Crippen molar-refractivity contribution in [1.82, 2.24) is 10.3 Å². The molecular weight excluding hydrogens is 196 g/mol. The zero-order valence-corrected chi connectivity index (χ0v) is 9.43. The largest absolute Gasteiger partial charge is 0.273 e. The first-order valence-electron chi connectivity index (χ1n) is 4.95. The van der Waals surface area contributed by atoms with E-state index in [1.807, 2.05) is 0 Å². The molecule has 0 saturated carbocycles. The van der Waals surface area contributed by atoms with Crippen LogP contribution in [0, 0.1) is 0 Å². The highest BCUT2D eigenvalue weighted by Crippen LogP contribution is 2.18. The summed E-state index contributed by atoms with van der Waals surface area (Å²) in [5.74, 6) is -0.0520. The van der Waals surface area contributed by atoms with Crippen LogP contribution in [0.15, 0.2) is 6.20 Å². The Kier molecular flexibility index (Phi) is 4.59. The molecule has 0 atom stereocenters. The maximum Gasteiger partial charge on any atom is 0.248 e. The van der Waals surface area contributed by atoms with Crippen LogP contribution in [0.25, 0.3) is 0 Å². The highest BCUT2D eigenvalue weighted by atomic mass is 32.1. The van der Waals surface area contributed by atoms with E-state index in [1.165, 1.54) is 16.2 Å². The number of unbranched alkanes of at least 4 members (excludes halogenated alkanes) is 1. The van der Waals surface area contributed by atoms with Gasteiger partial charge in [0.1, 0.15) is 0 Å². The number of aromatic nitrogens is 1. The third-order valence-corrected chi connectivity index (χ3v) is 2.89. The predicted octanol–water partition coefficient (Wildman–Crippen LogP) is 2.66. The second kappa shape index (κ2) is 5.75. The Labute approximate surface area is 88.6 Å². The minimum Gasteiger partial charge on any atom is -0.273 e. The average molecular weight is 211 g/mol. The number of rotatable bonds is 5. The van der Waals surface area contributed by atoms with Crippen molar-refractivity contribution in [1.29, 1.82) is 0 Å². The highest BCUT2D eigenvalue weighted by Gasteiger charge is 2.07. The fourth-order valence-corrected chi connectivity index (χ4v) is 1.74. The van der Waals surface area contributed by atoms with E-state index >= 15 is 0 Å². The van der Waals surface area contributed by atoms with E-state index in [4.69, 9.17) is 0 Å². The van der Waals surface area contributed by atoms with Crippen LogP contribution in [0.1, 0.15) is 38.0 Å². The highest BCUT2D eigenvalue weighted by molar-refractivity contribution is 7.15. The summed E-state index contributed by atoms with van der Waals surface area (Å²) in [5.41, 5.74) is 0. The fourth-order valence-electron chi connectivity index (χ4n) is 1.00. The predicted molar refractivity (Wildman–Crippen MR) is 57.8 cm³/mol. The van der Waals surface area contributed by atoms with Crippen molar-refractivity contribution in [2.75, 3.05) is 0 Å². The molecule has 1 heterocycles. The van der Waals surface area contributed by atoms with Gasteiger partial charge in [0.05, 0.1) is 0 Å². The topological polar surface area (TPSA) is 44.1 Å². The lowest BCUT2D eigenvalue weighted by Crippen LogP contribution is -2.09. The van der Waals surface area contributed by atoms with Crippen molar-refractivity contribution in [2.45, 2.75) is 39.5 Å². The minimum absolute atomic E-state index is 0.0520. The van der Waals surface area contributed by atoms with Gasteiger partial charge in [-0.05, 0) is 12.8 Å². The van der Waals surface area contributed by atoms with Crippen LogP contribution in [0.3, 0.4) is 0 Å². The molecule has 0 spiro atoms. The van der Waals surface area contributed by atoms with E-state index in [1.54, 1.807) is 6.20 Å². The number of aryl methyl sites for hydroxylation is 1. The summed E-state index contributed by atoms with van der Waals surface area (Å²) < 4.78 is 0. The first kappa shape index (κ1) is 11.2. The van der Waals surface area contributed by atoms with Crippen molar-refractivity contribution in [3.63, 3.8) is 0 Å². The maximum atomic E-state index is 11.3. The molecule has 1 rings (SSSR count). The normalized spacial score (nSPS) is 10.1. The van der Waals surface area contributed by atoms with E-state index < -0.39 is 0 Å². The molecule has 14 heavy (non-hydrogen) atoms. The molecule has 3 nitrogen and oxygen atoms in total. The molecule has 0 aromatic carbocycles. The van der Waals surface area contributed by atoms with Crippen LogP contribution >= 0.6 is 11.3 Å². The molecule has 1 aromatic heterocycles. The summed E-state index contributed by atoms with van der Waals surface area (Å²) in [7, 11) is 0. The Bertz CT molecular complexity index is 296. The minimum atomic E-state index is -0.0520. The van der Waals surface area contributed by atoms with E-state index in [-0.39, 0.29) is 5.91 Å². The Hall–Kier alpha value is -0.900. The quantitative estimate of drug-likeness (QED) is 0.751. The Balaban J connectivity index is 2.39. The molecule has 4 heteroatoms. The van der Waals surface area contributed by atoms with E-state index in [9.17, 15) is 4.79 Å². The van der Waals surface area contributed by atoms with E-state index in [0.717, 1.165) is 19.3 Å². The van der Waals surface area contributed by atoms with Crippen molar-refractivity contribution in [3.8, 4) is 0 Å². The second-order valence-corrected chi connectivity index (χ2v) is 4.17. The van der Waals surface area contributed by atoms with Gasteiger partial charge in [0.15, 0.2) is 0 Å². The van der Waals surface area contributed by atoms with Crippen LogP contribution in [-0.4, -0.2) is 10.9 Å². The van der Waals surface area contributed by atoms with Crippen LogP contribution < -0.4 is 5.32 Å².